The van der Waals surface area contributed by atoms with Gasteiger partial charge in [0.05, 0.1) is 0 Å². The van der Waals surface area contributed by atoms with Crippen LogP contribution in [-0.4, -0.2) is 31.3 Å². The molecule has 122 valence electrons. The third-order valence-electron chi connectivity index (χ3n) is 3.33. The number of nitrogens with one attached hydrogen (secondary N) is 2. The topological polar surface area (TPSA) is 71.1 Å². The van der Waals surface area contributed by atoms with Gasteiger partial charge in [-0.25, -0.2) is 0 Å². The maximum atomic E-state index is 12.4. The van der Waals surface area contributed by atoms with Gasteiger partial charge in [0.1, 0.15) is 0 Å². The van der Waals surface area contributed by atoms with E-state index in [1.807, 2.05) is 43.5 Å². The van der Waals surface area contributed by atoms with Crippen LogP contribution in [0.4, 0.5) is 10.4 Å². The molecular weight excluding hydrogens is 389 g/mol. The van der Waals surface area contributed by atoms with E-state index in [1.54, 1.807) is 6.07 Å². The number of carbonyl (C=O) groups excluding carboxylic acids is 2. The molecule has 0 fully saturated rings. The number of nitrogens with zero attached hydrogens (tertiary/aromatic N) is 1. The van der Waals surface area contributed by atoms with E-state index < -0.39 is 0 Å². The summed E-state index contributed by atoms with van der Waals surface area (Å²) in [5.41, 5.74) is 2.96. The fraction of sp³-hybridized carbons (Fsp3) is 0.118. The number of aryl methyl sites for hydroxylation is 2. The Morgan fingerprint density at radius 3 is 2.67 bits per heavy atom. The summed E-state index contributed by atoms with van der Waals surface area (Å²) in [6.45, 7) is 3.97. The molecule has 24 heavy (non-hydrogen) atoms. The van der Waals surface area contributed by atoms with Gasteiger partial charge in [0.15, 0.2) is 0 Å². The summed E-state index contributed by atoms with van der Waals surface area (Å²) in [4.78, 5) is 29.2. The molecule has 0 aliphatic heterocycles. The van der Waals surface area contributed by atoms with Crippen LogP contribution in [0.1, 0.15) is 30.0 Å². The van der Waals surface area contributed by atoms with Crippen molar-refractivity contribution in [1.82, 2.24) is 4.98 Å². The number of benzene rings is 1. The summed E-state index contributed by atoms with van der Waals surface area (Å²) in [6.07, 6.45) is 1.53. The first-order chi connectivity index (χ1) is 11.5. The quantitative estimate of drug-likeness (QED) is 0.656. The molecule has 1 aromatic carbocycles. The van der Waals surface area contributed by atoms with Crippen LogP contribution in [0, 0.1) is 13.8 Å². The molecule has 0 saturated carbocycles. The molecule has 0 bridgehead atoms. The van der Waals surface area contributed by atoms with Crippen LogP contribution < -0.4 is 10.6 Å². The molecule has 0 aliphatic carbocycles. The summed E-state index contributed by atoms with van der Waals surface area (Å²) < 4.78 is 1.13. The van der Waals surface area contributed by atoms with Crippen molar-refractivity contribution in [3.63, 3.8) is 0 Å². The summed E-state index contributed by atoms with van der Waals surface area (Å²) in [5.74, 6) is -0.360. The number of anilines is 2. The van der Waals surface area contributed by atoms with Crippen LogP contribution in [0.25, 0.3) is 0 Å². The van der Waals surface area contributed by atoms with Crippen molar-refractivity contribution in [3.05, 3.63) is 62.4 Å². The van der Waals surface area contributed by atoms with E-state index >= 15 is 0 Å². The Kier molecular flexibility index (Phi) is 4.94. The van der Waals surface area contributed by atoms with Crippen molar-refractivity contribution in [2.75, 3.05) is 10.6 Å². The van der Waals surface area contributed by atoms with Gasteiger partial charge in [0, 0.05) is 0 Å². The Balaban J connectivity index is 1.68. The number of hydrogen-bond acceptors (Lipinski definition) is 4. The van der Waals surface area contributed by atoms with Crippen molar-refractivity contribution in [2.24, 2.45) is 0 Å². The second-order valence-corrected chi connectivity index (χ2v) is 8.34. The molecule has 5 nitrogen and oxygen atoms in total. The molecule has 0 spiro atoms. The van der Waals surface area contributed by atoms with Crippen LogP contribution in [0.3, 0.4) is 0 Å². The number of amides is 2. The summed E-state index contributed by atoms with van der Waals surface area (Å²) in [7, 11) is 0. The summed E-state index contributed by atoms with van der Waals surface area (Å²) in [5, 5.41) is 7.52. The van der Waals surface area contributed by atoms with E-state index in [0.29, 0.717) is 14.0 Å². The number of aromatic nitrogens is 1. The van der Waals surface area contributed by atoms with E-state index in [4.69, 9.17) is 0 Å². The van der Waals surface area contributed by atoms with Crippen LogP contribution >= 0.6 is 11.3 Å². The van der Waals surface area contributed by atoms with Gasteiger partial charge in [-0.1, -0.05) is 0 Å². The van der Waals surface area contributed by atoms with Gasteiger partial charge >= 0.3 is 149 Å². The normalized spacial score (nSPS) is 10.4. The third kappa shape index (κ3) is 3.82. The molecule has 2 N–H and O–H groups in total. The molecular formula is C17H15N3O2SSe. The Hall–Kier alpha value is -2.21. The zero-order valence-corrected chi connectivity index (χ0v) is 15.7. The predicted octanol–water partition coefficient (Wildman–Crippen LogP) is 3.32. The number of rotatable bonds is 4. The zero-order chi connectivity index (χ0) is 17.1. The Bertz CT molecular complexity index is 887. The third-order valence-corrected chi connectivity index (χ3v) is 6.11. The summed E-state index contributed by atoms with van der Waals surface area (Å²) in [6, 6.07) is 9.45. The fourth-order valence-electron chi connectivity index (χ4n) is 2.14. The van der Waals surface area contributed by atoms with Crippen LogP contribution in [0.2, 0.25) is 0 Å². The minimum absolute atomic E-state index is 0.175. The van der Waals surface area contributed by atoms with Gasteiger partial charge < -0.3 is 0 Å². The first-order valence-corrected chi connectivity index (χ1v) is 9.81. The van der Waals surface area contributed by atoms with Crippen LogP contribution in [0.15, 0.2) is 41.9 Å². The van der Waals surface area contributed by atoms with Crippen molar-refractivity contribution < 1.29 is 9.59 Å². The van der Waals surface area contributed by atoms with Gasteiger partial charge in [0.2, 0.25) is 0 Å². The maximum absolute atomic E-state index is 12.4. The molecule has 3 aromatic rings. The van der Waals surface area contributed by atoms with E-state index in [-0.39, 0.29) is 26.3 Å². The summed E-state index contributed by atoms with van der Waals surface area (Å²) >= 11 is 1.06. The fourth-order valence-corrected chi connectivity index (χ4v) is 4.24. The second kappa shape index (κ2) is 7.13. The molecule has 0 saturated heterocycles. The van der Waals surface area contributed by atoms with Crippen molar-refractivity contribution in [2.45, 2.75) is 13.8 Å². The Morgan fingerprint density at radius 1 is 1.12 bits per heavy atom. The number of hydrogen-bond donors (Lipinski definition) is 2. The van der Waals surface area contributed by atoms with Gasteiger partial charge in [-0.2, -0.15) is 0 Å². The molecule has 0 atom stereocenters. The standard InChI is InChI=1S/C17H15N3O2SSe/c1-10-5-6-12(11(2)8-10)19-16(22)14-9-18-17(24-14)20-15(21)13-4-3-7-23-13/h3-9H,1-2H3,(H,19,22)(H,18,20,21). The van der Waals surface area contributed by atoms with Crippen molar-refractivity contribution >= 4 is 48.0 Å². The number of thiophene rings is 1. The molecule has 7 heteroatoms. The second-order valence-electron chi connectivity index (χ2n) is 5.23. The van der Waals surface area contributed by atoms with E-state index in [9.17, 15) is 9.59 Å². The molecule has 2 aromatic heterocycles. The Labute approximate surface area is 149 Å². The SMILES string of the molecule is Cc1ccc(NC(=O)c2cnc(NC(=O)c3cccs3)[se]2)c(C)c1. The van der Waals surface area contributed by atoms with Gasteiger partial charge in [-0.15, -0.1) is 0 Å². The van der Waals surface area contributed by atoms with Gasteiger partial charge in [0.25, 0.3) is 0 Å². The van der Waals surface area contributed by atoms with Gasteiger partial charge in [-0.05, 0) is 0 Å². The van der Waals surface area contributed by atoms with Crippen LogP contribution in [-0.2, 0) is 0 Å². The number of carbonyl (C=O) groups is 2. The predicted molar refractivity (Wildman–Crippen MR) is 97.3 cm³/mol. The molecule has 0 aliphatic rings. The van der Waals surface area contributed by atoms with E-state index in [1.165, 1.54) is 17.5 Å². The first kappa shape index (κ1) is 16.6. The Morgan fingerprint density at radius 2 is 1.96 bits per heavy atom. The average Bonchev–Trinajstić information content (AvgIpc) is 3.21. The van der Waals surface area contributed by atoms with Crippen molar-refractivity contribution in [3.8, 4) is 0 Å². The molecule has 2 heterocycles. The average molecular weight is 404 g/mol. The van der Waals surface area contributed by atoms with E-state index in [0.717, 1.165) is 16.8 Å². The van der Waals surface area contributed by atoms with Gasteiger partial charge in [-0.3, -0.25) is 0 Å². The molecule has 2 amide bonds. The molecule has 0 radical (unpaired) electrons. The minimum atomic E-state index is -0.310. The van der Waals surface area contributed by atoms with E-state index in [2.05, 4.69) is 15.6 Å². The van der Waals surface area contributed by atoms with Crippen LogP contribution in [0.5, 0.6) is 0 Å². The van der Waals surface area contributed by atoms with Crippen molar-refractivity contribution in [1.29, 1.82) is 0 Å². The monoisotopic (exact) mass is 405 g/mol. The molecule has 3 rings (SSSR count). The molecule has 0 unspecified atom stereocenters. The first-order valence-electron chi connectivity index (χ1n) is 7.22. The zero-order valence-electron chi connectivity index (χ0n) is 13.1.